The first-order valence-corrected chi connectivity index (χ1v) is 7.16. The molecule has 1 aromatic carbocycles. The Morgan fingerprint density at radius 2 is 2.05 bits per heavy atom. The van der Waals surface area contributed by atoms with Crippen LogP contribution in [0.2, 0.25) is 0 Å². The summed E-state index contributed by atoms with van der Waals surface area (Å²) in [6, 6.07) is 7.00. The molecular formula is C15H23N3O. The lowest BCUT2D eigenvalue weighted by Crippen LogP contribution is -2.43. The quantitative estimate of drug-likeness (QED) is 0.825. The molecule has 2 heterocycles. The van der Waals surface area contributed by atoms with Gasteiger partial charge in [-0.2, -0.15) is 0 Å². The van der Waals surface area contributed by atoms with Gasteiger partial charge in [0.1, 0.15) is 12.4 Å². The van der Waals surface area contributed by atoms with Crippen molar-refractivity contribution >= 4 is 5.69 Å². The summed E-state index contributed by atoms with van der Waals surface area (Å²) < 4.78 is 6.11. The minimum atomic E-state index is 0.461. The average Bonchev–Trinajstić information content (AvgIpc) is 2.59. The summed E-state index contributed by atoms with van der Waals surface area (Å²) in [5, 5.41) is 3.40. The number of nitrogens with one attached hydrogen (secondary N) is 1. The van der Waals surface area contributed by atoms with Crippen LogP contribution in [0.15, 0.2) is 18.2 Å². The molecule has 0 aromatic heterocycles. The zero-order chi connectivity index (χ0) is 13.2. The number of benzene rings is 1. The second-order valence-corrected chi connectivity index (χ2v) is 5.58. The molecule has 19 heavy (non-hydrogen) atoms. The van der Waals surface area contributed by atoms with E-state index in [1.807, 2.05) is 0 Å². The third-order valence-electron chi connectivity index (χ3n) is 4.17. The van der Waals surface area contributed by atoms with Crippen LogP contribution < -0.4 is 15.0 Å². The van der Waals surface area contributed by atoms with Gasteiger partial charge in [-0.25, -0.2) is 0 Å². The Balaban J connectivity index is 1.92. The zero-order valence-corrected chi connectivity index (χ0v) is 11.9. The number of piperazine rings is 1. The van der Waals surface area contributed by atoms with Gasteiger partial charge in [-0.05, 0) is 20.0 Å². The van der Waals surface area contributed by atoms with Gasteiger partial charge in [0.05, 0.1) is 5.69 Å². The highest BCUT2D eigenvalue weighted by atomic mass is 16.5. The topological polar surface area (TPSA) is 27.7 Å². The lowest BCUT2D eigenvalue weighted by atomic mass is 10.1. The van der Waals surface area contributed by atoms with Gasteiger partial charge in [0, 0.05) is 44.3 Å². The van der Waals surface area contributed by atoms with Gasteiger partial charge in [0.25, 0.3) is 0 Å². The number of ether oxygens (including phenoxy) is 1. The number of nitrogens with zero attached hydrogens (tertiary/aromatic N) is 2. The highest BCUT2D eigenvalue weighted by molar-refractivity contribution is 5.62. The molecule has 0 aliphatic carbocycles. The summed E-state index contributed by atoms with van der Waals surface area (Å²) in [6.07, 6.45) is 0. The van der Waals surface area contributed by atoms with Gasteiger partial charge >= 0.3 is 0 Å². The fourth-order valence-corrected chi connectivity index (χ4v) is 2.77. The SMILES string of the molecule is CC1COc2c(cccc2N2CCNCC2)CN1C. The third kappa shape index (κ3) is 2.55. The summed E-state index contributed by atoms with van der Waals surface area (Å²) in [4.78, 5) is 4.79. The van der Waals surface area contributed by atoms with Crippen molar-refractivity contribution in [3.05, 3.63) is 23.8 Å². The van der Waals surface area contributed by atoms with Crippen molar-refractivity contribution in [1.29, 1.82) is 0 Å². The second-order valence-electron chi connectivity index (χ2n) is 5.58. The zero-order valence-electron chi connectivity index (χ0n) is 11.9. The van der Waals surface area contributed by atoms with E-state index in [2.05, 4.69) is 47.3 Å². The lowest BCUT2D eigenvalue weighted by molar-refractivity contribution is 0.189. The molecule has 1 aromatic rings. The third-order valence-corrected chi connectivity index (χ3v) is 4.17. The molecule has 2 aliphatic heterocycles. The molecule has 1 fully saturated rings. The Morgan fingerprint density at radius 3 is 2.84 bits per heavy atom. The molecule has 104 valence electrons. The Bertz CT molecular complexity index is 443. The first-order valence-electron chi connectivity index (χ1n) is 7.16. The predicted octanol–water partition coefficient (Wildman–Crippen LogP) is 1.31. The largest absolute Gasteiger partial charge is 0.489 e. The highest BCUT2D eigenvalue weighted by Crippen LogP contribution is 2.35. The second kappa shape index (κ2) is 5.39. The van der Waals surface area contributed by atoms with E-state index in [1.54, 1.807) is 0 Å². The van der Waals surface area contributed by atoms with Crippen LogP contribution in [-0.2, 0) is 6.54 Å². The molecule has 0 spiro atoms. The van der Waals surface area contributed by atoms with Crippen LogP contribution in [0.3, 0.4) is 0 Å². The van der Waals surface area contributed by atoms with Crippen molar-refractivity contribution in [1.82, 2.24) is 10.2 Å². The van der Waals surface area contributed by atoms with Crippen LogP contribution in [0.4, 0.5) is 5.69 Å². The van der Waals surface area contributed by atoms with Crippen LogP contribution in [0, 0.1) is 0 Å². The van der Waals surface area contributed by atoms with Crippen molar-refractivity contribution in [2.24, 2.45) is 0 Å². The number of likely N-dealkylation sites (N-methyl/N-ethyl adjacent to an activating group) is 1. The van der Waals surface area contributed by atoms with Crippen LogP contribution in [0.5, 0.6) is 5.75 Å². The first-order chi connectivity index (χ1) is 9.25. The monoisotopic (exact) mass is 261 g/mol. The molecule has 3 rings (SSSR count). The summed E-state index contributed by atoms with van der Waals surface area (Å²) in [7, 11) is 2.17. The molecule has 2 aliphatic rings. The lowest BCUT2D eigenvalue weighted by Gasteiger charge is -2.31. The smallest absolute Gasteiger partial charge is 0.147 e. The van der Waals surface area contributed by atoms with Crippen LogP contribution >= 0.6 is 0 Å². The predicted molar refractivity (Wildman–Crippen MR) is 77.9 cm³/mol. The van der Waals surface area contributed by atoms with Crippen molar-refractivity contribution < 1.29 is 4.74 Å². The fraction of sp³-hybridized carbons (Fsp3) is 0.600. The van der Waals surface area contributed by atoms with Gasteiger partial charge < -0.3 is 15.0 Å². The molecule has 1 N–H and O–H groups in total. The summed E-state index contributed by atoms with van der Waals surface area (Å²) in [5.74, 6) is 1.10. The fourth-order valence-electron chi connectivity index (χ4n) is 2.77. The molecule has 1 unspecified atom stereocenters. The van der Waals surface area contributed by atoms with Crippen molar-refractivity contribution in [2.45, 2.75) is 19.5 Å². The van der Waals surface area contributed by atoms with Crippen molar-refractivity contribution in [3.8, 4) is 5.75 Å². The molecule has 4 nitrogen and oxygen atoms in total. The molecular weight excluding hydrogens is 238 g/mol. The van der Waals surface area contributed by atoms with Gasteiger partial charge in [0.15, 0.2) is 0 Å². The highest BCUT2D eigenvalue weighted by Gasteiger charge is 2.23. The summed E-state index contributed by atoms with van der Waals surface area (Å²) >= 11 is 0. The first kappa shape index (κ1) is 12.8. The normalized spacial score (nSPS) is 24.5. The van der Waals surface area contributed by atoms with E-state index in [0.29, 0.717) is 6.04 Å². The molecule has 0 saturated carbocycles. The van der Waals surface area contributed by atoms with Gasteiger partial charge in [-0.1, -0.05) is 12.1 Å². The van der Waals surface area contributed by atoms with Crippen LogP contribution in [-0.4, -0.2) is 50.8 Å². The molecule has 1 saturated heterocycles. The number of hydrogen-bond acceptors (Lipinski definition) is 4. The molecule has 0 amide bonds. The van der Waals surface area contributed by atoms with Gasteiger partial charge in [-0.15, -0.1) is 0 Å². The molecule has 0 radical (unpaired) electrons. The van der Waals surface area contributed by atoms with E-state index in [-0.39, 0.29) is 0 Å². The minimum absolute atomic E-state index is 0.461. The minimum Gasteiger partial charge on any atom is -0.489 e. The molecule has 0 bridgehead atoms. The number of hydrogen-bond donors (Lipinski definition) is 1. The standard InChI is InChI=1S/C15H23N3O/c1-12-11-19-15-13(10-17(12)2)4-3-5-14(15)18-8-6-16-7-9-18/h3-5,12,16H,6-11H2,1-2H3. The Morgan fingerprint density at radius 1 is 1.26 bits per heavy atom. The molecule has 1 atom stereocenters. The van der Waals surface area contributed by atoms with Crippen molar-refractivity contribution in [2.75, 3.05) is 44.7 Å². The van der Waals surface area contributed by atoms with E-state index < -0.39 is 0 Å². The van der Waals surface area contributed by atoms with Crippen LogP contribution in [0.25, 0.3) is 0 Å². The molecule has 4 heteroatoms. The summed E-state index contributed by atoms with van der Waals surface area (Å²) in [5.41, 5.74) is 2.57. The average molecular weight is 261 g/mol. The number of para-hydroxylation sites is 1. The van der Waals surface area contributed by atoms with Gasteiger partial charge in [-0.3, -0.25) is 4.90 Å². The maximum Gasteiger partial charge on any atom is 0.147 e. The van der Waals surface area contributed by atoms with E-state index in [9.17, 15) is 0 Å². The Labute approximate surface area is 115 Å². The summed E-state index contributed by atoms with van der Waals surface area (Å²) in [6.45, 7) is 8.19. The number of anilines is 1. The maximum absolute atomic E-state index is 6.11. The van der Waals surface area contributed by atoms with E-state index >= 15 is 0 Å². The Kier molecular flexibility index (Phi) is 3.62. The van der Waals surface area contributed by atoms with Crippen molar-refractivity contribution in [3.63, 3.8) is 0 Å². The number of fused-ring (bicyclic) bond motifs is 1. The number of rotatable bonds is 1. The maximum atomic E-state index is 6.11. The van der Waals surface area contributed by atoms with Crippen LogP contribution in [0.1, 0.15) is 12.5 Å². The van der Waals surface area contributed by atoms with E-state index in [0.717, 1.165) is 45.1 Å². The van der Waals surface area contributed by atoms with E-state index in [4.69, 9.17) is 4.74 Å². The Hall–Kier alpha value is -1.26. The van der Waals surface area contributed by atoms with Gasteiger partial charge in [0.2, 0.25) is 0 Å². The van der Waals surface area contributed by atoms with E-state index in [1.165, 1.54) is 11.3 Å².